The Morgan fingerprint density at radius 2 is 1.89 bits per heavy atom. The summed E-state index contributed by atoms with van der Waals surface area (Å²) in [5.41, 5.74) is -0.116. The van der Waals surface area contributed by atoms with Gasteiger partial charge in [0.15, 0.2) is 5.60 Å². The Kier molecular flexibility index (Phi) is 3.39. The Bertz CT molecular complexity index is 527. The molecular weight excluding hydrogens is 248 g/mol. The molecule has 0 bridgehead atoms. The van der Waals surface area contributed by atoms with Crippen LogP contribution in [0.15, 0.2) is 41.8 Å². The second-order valence-corrected chi connectivity index (χ2v) is 5.37. The summed E-state index contributed by atoms with van der Waals surface area (Å²) in [6, 6.07) is 11.5. The number of hydrogen-bond donors (Lipinski definition) is 1. The average molecular weight is 262 g/mol. The zero-order chi connectivity index (χ0) is 13.2. The van der Waals surface area contributed by atoms with E-state index < -0.39 is 11.6 Å². The van der Waals surface area contributed by atoms with Crippen molar-refractivity contribution in [3.05, 3.63) is 41.8 Å². The van der Waals surface area contributed by atoms with Crippen molar-refractivity contribution in [3.63, 3.8) is 0 Å². The van der Waals surface area contributed by atoms with Gasteiger partial charge in [-0.05, 0) is 55.1 Å². The number of carboxylic acids is 1. The topological polar surface area (TPSA) is 46.5 Å². The summed E-state index contributed by atoms with van der Waals surface area (Å²) >= 11 is 1.66. The van der Waals surface area contributed by atoms with Gasteiger partial charge in [0.25, 0.3) is 0 Å². The van der Waals surface area contributed by atoms with E-state index in [-0.39, 0.29) is 0 Å². The fourth-order valence-electron chi connectivity index (χ4n) is 1.47. The van der Waals surface area contributed by atoms with Gasteiger partial charge in [0.2, 0.25) is 0 Å². The molecule has 0 aliphatic carbocycles. The van der Waals surface area contributed by atoms with Crippen LogP contribution in [-0.4, -0.2) is 16.7 Å². The molecule has 0 saturated carbocycles. The van der Waals surface area contributed by atoms with Crippen LogP contribution in [0.1, 0.15) is 13.8 Å². The molecule has 0 unspecified atom stereocenters. The number of thiophene rings is 1. The predicted molar refractivity (Wildman–Crippen MR) is 72.1 cm³/mol. The van der Waals surface area contributed by atoms with Crippen LogP contribution in [0.5, 0.6) is 5.75 Å². The first-order chi connectivity index (χ1) is 8.49. The van der Waals surface area contributed by atoms with E-state index in [0.29, 0.717) is 5.75 Å². The van der Waals surface area contributed by atoms with E-state index in [1.165, 1.54) is 18.7 Å². The van der Waals surface area contributed by atoms with E-state index in [1.807, 2.05) is 29.6 Å². The maximum absolute atomic E-state index is 11.0. The lowest BCUT2D eigenvalue weighted by atomic mass is 10.1. The molecule has 0 saturated heterocycles. The molecule has 2 aromatic rings. The van der Waals surface area contributed by atoms with Crippen LogP contribution in [0.4, 0.5) is 0 Å². The first-order valence-corrected chi connectivity index (χ1v) is 6.43. The van der Waals surface area contributed by atoms with Crippen molar-refractivity contribution in [1.82, 2.24) is 0 Å². The van der Waals surface area contributed by atoms with Crippen LogP contribution >= 0.6 is 11.3 Å². The highest BCUT2D eigenvalue weighted by Gasteiger charge is 2.29. The molecule has 1 aromatic heterocycles. The van der Waals surface area contributed by atoms with Crippen molar-refractivity contribution in [2.45, 2.75) is 19.4 Å². The van der Waals surface area contributed by atoms with Crippen LogP contribution in [0.2, 0.25) is 0 Å². The molecule has 0 aliphatic heterocycles. The molecule has 0 atom stereocenters. The minimum atomic E-state index is -1.22. The third-order valence-electron chi connectivity index (χ3n) is 2.55. The fourth-order valence-corrected chi connectivity index (χ4v) is 2.20. The molecule has 1 aromatic carbocycles. The van der Waals surface area contributed by atoms with Gasteiger partial charge >= 0.3 is 5.97 Å². The Balaban J connectivity index is 2.16. The van der Waals surface area contributed by atoms with Crippen LogP contribution in [0.25, 0.3) is 10.4 Å². The summed E-state index contributed by atoms with van der Waals surface area (Å²) < 4.78 is 5.44. The third-order valence-corrected chi connectivity index (χ3v) is 3.47. The molecule has 0 spiro atoms. The van der Waals surface area contributed by atoms with Gasteiger partial charge in [0.05, 0.1) is 0 Å². The minimum absolute atomic E-state index is 0.558. The van der Waals surface area contributed by atoms with Gasteiger partial charge in [-0.2, -0.15) is 0 Å². The number of aliphatic carboxylic acids is 1. The quantitative estimate of drug-likeness (QED) is 0.914. The highest BCUT2D eigenvalue weighted by molar-refractivity contribution is 7.13. The molecule has 4 heteroatoms. The highest BCUT2D eigenvalue weighted by atomic mass is 32.1. The Morgan fingerprint density at radius 1 is 1.22 bits per heavy atom. The number of carbonyl (C=O) groups is 1. The van der Waals surface area contributed by atoms with E-state index in [2.05, 4.69) is 0 Å². The van der Waals surface area contributed by atoms with Crippen LogP contribution in [-0.2, 0) is 4.79 Å². The van der Waals surface area contributed by atoms with Gasteiger partial charge in [0, 0.05) is 4.88 Å². The smallest absolute Gasteiger partial charge is 0.347 e. The third kappa shape index (κ3) is 2.71. The second kappa shape index (κ2) is 4.82. The first kappa shape index (κ1) is 12.6. The Hall–Kier alpha value is -1.81. The summed E-state index contributed by atoms with van der Waals surface area (Å²) in [7, 11) is 0. The van der Waals surface area contributed by atoms with Crippen LogP contribution in [0, 0.1) is 0 Å². The lowest BCUT2D eigenvalue weighted by Gasteiger charge is -2.21. The Labute approximate surface area is 110 Å². The largest absolute Gasteiger partial charge is 0.478 e. The van der Waals surface area contributed by atoms with E-state index in [1.54, 1.807) is 23.5 Å². The SMILES string of the molecule is CC(C)(Oc1ccc(-c2cccs2)cc1)C(=O)O. The van der Waals surface area contributed by atoms with Gasteiger partial charge < -0.3 is 9.84 Å². The number of ether oxygens (including phenoxy) is 1. The number of carboxylic acid groups (broad SMARTS) is 1. The summed E-state index contributed by atoms with van der Waals surface area (Å²) in [6.45, 7) is 3.06. The normalized spacial score (nSPS) is 11.2. The van der Waals surface area contributed by atoms with Crippen LogP contribution in [0.3, 0.4) is 0 Å². The number of benzene rings is 1. The van der Waals surface area contributed by atoms with Crippen molar-refractivity contribution < 1.29 is 14.6 Å². The van der Waals surface area contributed by atoms with Crippen molar-refractivity contribution in [2.24, 2.45) is 0 Å². The standard InChI is InChI=1S/C14H14O3S/c1-14(2,13(15)16)17-11-7-5-10(6-8-11)12-4-3-9-18-12/h3-9H,1-2H3,(H,15,16). The number of rotatable bonds is 4. The molecule has 0 fully saturated rings. The maximum Gasteiger partial charge on any atom is 0.347 e. The first-order valence-electron chi connectivity index (χ1n) is 5.55. The van der Waals surface area contributed by atoms with Crippen LogP contribution < -0.4 is 4.74 Å². The molecule has 0 aliphatic rings. The zero-order valence-electron chi connectivity index (χ0n) is 10.2. The van der Waals surface area contributed by atoms with Gasteiger partial charge in [-0.25, -0.2) is 4.79 Å². The molecule has 1 N–H and O–H groups in total. The highest BCUT2D eigenvalue weighted by Crippen LogP contribution is 2.27. The molecular formula is C14H14O3S. The summed E-state index contributed by atoms with van der Waals surface area (Å²) in [5, 5.41) is 11.0. The molecule has 3 nitrogen and oxygen atoms in total. The molecule has 2 rings (SSSR count). The number of hydrogen-bond acceptors (Lipinski definition) is 3. The maximum atomic E-state index is 11.0. The van der Waals surface area contributed by atoms with Crippen molar-refractivity contribution in [2.75, 3.05) is 0 Å². The van der Waals surface area contributed by atoms with E-state index in [0.717, 1.165) is 5.56 Å². The van der Waals surface area contributed by atoms with Gasteiger partial charge in [0.1, 0.15) is 5.75 Å². The molecule has 0 amide bonds. The van der Waals surface area contributed by atoms with E-state index in [4.69, 9.17) is 9.84 Å². The van der Waals surface area contributed by atoms with Gasteiger partial charge in [-0.15, -0.1) is 11.3 Å². The monoisotopic (exact) mass is 262 g/mol. The summed E-state index contributed by atoms with van der Waals surface area (Å²) in [5.74, 6) is -0.424. The molecule has 94 valence electrons. The Morgan fingerprint density at radius 3 is 2.39 bits per heavy atom. The lowest BCUT2D eigenvalue weighted by Crippen LogP contribution is -2.37. The second-order valence-electron chi connectivity index (χ2n) is 4.42. The molecule has 0 radical (unpaired) electrons. The summed E-state index contributed by atoms with van der Waals surface area (Å²) in [6.07, 6.45) is 0. The molecule has 1 heterocycles. The van der Waals surface area contributed by atoms with Gasteiger partial charge in [-0.3, -0.25) is 0 Å². The zero-order valence-corrected chi connectivity index (χ0v) is 11.0. The van der Waals surface area contributed by atoms with Gasteiger partial charge in [-0.1, -0.05) is 6.07 Å². The van der Waals surface area contributed by atoms with Crippen molar-refractivity contribution in [3.8, 4) is 16.2 Å². The van der Waals surface area contributed by atoms with Crippen molar-refractivity contribution >= 4 is 17.3 Å². The molecule has 18 heavy (non-hydrogen) atoms. The predicted octanol–water partition coefficient (Wildman–Crippen LogP) is 3.66. The van der Waals surface area contributed by atoms with E-state index >= 15 is 0 Å². The minimum Gasteiger partial charge on any atom is -0.478 e. The lowest BCUT2D eigenvalue weighted by molar-refractivity contribution is -0.152. The average Bonchev–Trinajstić information content (AvgIpc) is 2.83. The van der Waals surface area contributed by atoms with Crippen molar-refractivity contribution in [1.29, 1.82) is 0 Å². The summed E-state index contributed by atoms with van der Waals surface area (Å²) in [4.78, 5) is 12.1. The fraction of sp³-hybridized carbons (Fsp3) is 0.214. The van der Waals surface area contributed by atoms with E-state index in [9.17, 15) is 4.79 Å².